The summed E-state index contributed by atoms with van der Waals surface area (Å²) in [5, 5.41) is 6.65. The van der Waals surface area contributed by atoms with E-state index in [9.17, 15) is 0 Å². The van der Waals surface area contributed by atoms with Crippen molar-refractivity contribution in [3.8, 4) is 5.75 Å². The van der Waals surface area contributed by atoms with Gasteiger partial charge in [0.2, 0.25) is 0 Å². The molecule has 0 aliphatic carbocycles. The van der Waals surface area contributed by atoms with E-state index in [2.05, 4.69) is 5.32 Å². The smallest absolute Gasteiger partial charge is 0.145 e. The molecule has 0 amide bonds. The van der Waals surface area contributed by atoms with E-state index in [1.807, 2.05) is 24.3 Å². The second-order valence-electron chi connectivity index (χ2n) is 5.56. The first-order valence-electron chi connectivity index (χ1n) is 7.46. The van der Waals surface area contributed by atoms with E-state index >= 15 is 0 Å². The minimum Gasteiger partial charge on any atom is -0.491 e. The van der Waals surface area contributed by atoms with Crippen LogP contribution in [0.15, 0.2) is 30.3 Å². The SMILES string of the molecule is Clc1cc(Cl)c2ccccc2c1OCC[C@H]1CCCNC1. The van der Waals surface area contributed by atoms with E-state index in [0.29, 0.717) is 22.6 Å². The van der Waals surface area contributed by atoms with Crippen molar-refractivity contribution in [1.29, 1.82) is 0 Å². The van der Waals surface area contributed by atoms with E-state index in [-0.39, 0.29) is 0 Å². The Morgan fingerprint density at radius 1 is 1.14 bits per heavy atom. The molecule has 1 saturated heterocycles. The summed E-state index contributed by atoms with van der Waals surface area (Å²) < 4.78 is 5.99. The Bertz CT molecular complexity index is 623. The fourth-order valence-corrected chi connectivity index (χ4v) is 3.51. The lowest BCUT2D eigenvalue weighted by atomic mass is 9.97. The van der Waals surface area contributed by atoms with Crippen molar-refractivity contribution in [2.24, 2.45) is 5.92 Å². The van der Waals surface area contributed by atoms with Crippen LogP contribution in [-0.4, -0.2) is 19.7 Å². The zero-order valence-corrected chi connectivity index (χ0v) is 13.4. The number of hydrogen-bond acceptors (Lipinski definition) is 2. The molecule has 3 rings (SSSR count). The van der Waals surface area contributed by atoms with Crippen LogP contribution >= 0.6 is 23.2 Å². The van der Waals surface area contributed by atoms with Crippen LogP contribution in [-0.2, 0) is 0 Å². The van der Waals surface area contributed by atoms with Gasteiger partial charge in [-0.15, -0.1) is 0 Å². The average Bonchev–Trinajstić information content (AvgIpc) is 2.51. The number of fused-ring (bicyclic) bond motifs is 1. The Balaban J connectivity index is 1.74. The van der Waals surface area contributed by atoms with Gasteiger partial charge in [-0.1, -0.05) is 47.5 Å². The molecule has 0 saturated carbocycles. The molecule has 0 radical (unpaired) electrons. The molecule has 0 spiro atoms. The molecule has 4 heteroatoms. The third-order valence-corrected chi connectivity index (χ3v) is 4.66. The van der Waals surface area contributed by atoms with Gasteiger partial charge in [-0.3, -0.25) is 0 Å². The number of rotatable bonds is 4. The third-order valence-electron chi connectivity index (χ3n) is 4.07. The maximum absolute atomic E-state index is 6.31. The van der Waals surface area contributed by atoms with Crippen LogP contribution in [0.4, 0.5) is 0 Å². The molecule has 1 heterocycles. The zero-order valence-electron chi connectivity index (χ0n) is 11.9. The Labute approximate surface area is 135 Å². The second kappa shape index (κ2) is 6.87. The molecule has 2 aromatic carbocycles. The monoisotopic (exact) mass is 323 g/mol. The van der Waals surface area contributed by atoms with E-state index < -0.39 is 0 Å². The van der Waals surface area contributed by atoms with Gasteiger partial charge in [0.1, 0.15) is 5.75 Å². The predicted octanol–water partition coefficient (Wildman–Crippen LogP) is 4.92. The van der Waals surface area contributed by atoms with E-state index in [1.165, 1.54) is 12.8 Å². The quantitative estimate of drug-likeness (QED) is 0.862. The highest BCUT2D eigenvalue weighted by atomic mass is 35.5. The van der Waals surface area contributed by atoms with Gasteiger partial charge >= 0.3 is 0 Å². The van der Waals surface area contributed by atoms with Gasteiger partial charge in [0.25, 0.3) is 0 Å². The molecule has 2 nitrogen and oxygen atoms in total. The molecule has 2 aromatic rings. The molecule has 1 aliphatic rings. The van der Waals surface area contributed by atoms with E-state index in [4.69, 9.17) is 27.9 Å². The van der Waals surface area contributed by atoms with Crippen LogP contribution in [0.5, 0.6) is 5.75 Å². The van der Waals surface area contributed by atoms with Crippen LogP contribution in [0.25, 0.3) is 10.8 Å². The topological polar surface area (TPSA) is 21.3 Å². The molecule has 1 N–H and O–H groups in total. The van der Waals surface area contributed by atoms with Crippen LogP contribution in [0.2, 0.25) is 10.0 Å². The van der Waals surface area contributed by atoms with Crippen LogP contribution in [0, 0.1) is 5.92 Å². The Hall–Kier alpha value is -0.960. The lowest BCUT2D eigenvalue weighted by Gasteiger charge is -2.23. The highest BCUT2D eigenvalue weighted by Gasteiger charge is 2.15. The van der Waals surface area contributed by atoms with Crippen molar-refractivity contribution in [3.05, 3.63) is 40.4 Å². The molecule has 1 atom stereocenters. The largest absolute Gasteiger partial charge is 0.491 e. The van der Waals surface area contributed by atoms with Crippen molar-refractivity contribution >= 4 is 34.0 Å². The summed E-state index contributed by atoms with van der Waals surface area (Å²) in [7, 11) is 0. The number of piperidine rings is 1. The van der Waals surface area contributed by atoms with Crippen molar-refractivity contribution < 1.29 is 4.74 Å². The zero-order chi connectivity index (χ0) is 14.7. The molecule has 0 unspecified atom stereocenters. The number of hydrogen-bond donors (Lipinski definition) is 1. The van der Waals surface area contributed by atoms with Gasteiger partial charge < -0.3 is 10.1 Å². The fraction of sp³-hybridized carbons (Fsp3) is 0.412. The Morgan fingerprint density at radius 3 is 2.71 bits per heavy atom. The van der Waals surface area contributed by atoms with E-state index in [1.54, 1.807) is 6.07 Å². The Morgan fingerprint density at radius 2 is 1.95 bits per heavy atom. The van der Waals surface area contributed by atoms with Crippen molar-refractivity contribution in [1.82, 2.24) is 5.32 Å². The molecular weight excluding hydrogens is 305 g/mol. The highest BCUT2D eigenvalue weighted by Crippen LogP contribution is 2.38. The first kappa shape index (κ1) is 15.0. The van der Waals surface area contributed by atoms with Gasteiger partial charge in [-0.2, -0.15) is 0 Å². The molecule has 1 fully saturated rings. The number of halogens is 2. The van der Waals surface area contributed by atoms with Crippen molar-refractivity contribution in [2.45, 2.75) is 19.3 Å². The van der Waals surface area contributed by atoms with Gasteiger partial charge in [0.15, 0.2) is 0 Å². The predicted molar refractivity (Wildman–Crippen MR) is 89.7 cm³/mol. The number of benzene rings is 2. The fourth-order valence-electron chi connectivity index (χ4n) is 2.92. The van der Waals surface area contributed by atoms with Crippen LogP contribution < -0.4 is 10.1 Å². The van der Waals surface area contributed by atoms with Crippen LogP contribution in [0.3, 0.4) is 0 Å². The first-order chi connectivity index (χ1) is 10.3. The minimum absolute atomic E-state index is 0.584. The summed E-state index contributed by atoms with van der Waals surface area (Å²) in [6.07, 6.45) is 3.60. The van der Waals surface area contributed by atoms with Crippen molar-refractivity contribution in [2.75, 3.05) is 19.7 Å². The summed E-state index contributed by atoms with van der Waals surface area (Å²) in [4.78, 5) is 0. The van der Waals surface area contributed by atoms with Gasteiger partial charge in [0.05, 0.1) is 16.7 Å². The minimum atomic E-state index is 0.584. The van der Waals surface area contributed by atoms with Gasteiger partial charge in [-0.25, -0.2) is 0 Å². The molecule has 0 aromatic heterocycles. The molecule has 21 heavy (non-hydrogen) atoms. The summed E-state index contributed by atoms with van der Waals surface area (Å²) in [6, 6.07) is 9.71. The number of nitrogens with one attached hydrogen (secondary N) is 1. The Kier molecular flexibility index (Phi) is 4.89. The molecule has 112 valence electrons. The van der Waals surface area contributed by atoms with E-state index in [0.717, 1.165) is 36.0 Å². The highest BCUT2D eigenvalue weighted by molar-refractivity contribution is 6.39. The van der Waals surface area contributed by atoms with Crippen LogP contribution in [0.1, 0.15) is 19.3 Å². The maximum atomic E-state index is 6.31. The summed E-state index contributed by atoms with van der Waals surface area (Å²) in [5.41, 5.74) is 0. The summed E-state index contributed by atoms with van der Waals surface area (Å²) in [6.45, 7) is 2.93. The molecule has 0 bridgehead atoms. The van der Waals surface area contributed by atoms with Crippen molar-refractivity contribution in [3.63, 3.8) is 0 Å². The molecule has 1 aliphatic heterocycles. The first-order valence-corrected chi connectivity index (χ1v) is 8.21. The van der Waals surface area contributed by atoms with Gasteiger partial charge in [0, 0.05) is 10.8 Å². The summed E-state index contributed by atoms with van der Waals surface area (Å²) >= 11 is 12.6. The lowest BCUT2D eigenvalue weighted by molar-refractivity contribution is 0.256. The number of ether oxygens (including phenoxy) is 1. The maximum Gasteiger partial charge on any atom is 0.145 e. The standard InChI is InChI=1S/C17H19Cl2NO/c18-15-10-16(19)17(14-6-2-1-5-13(14)15)21-9-7-12-4-3-8-20-11-12/h1-2,5-6,10,12,20H,3-4,7-9,11H2/t12-/m1/s1. The van der Waals surface area contributed by atoms with Gasteiger partial charge in [-0.05, 0) is 44.3 Å². The second-order valence-corrected chi connectivity index (χ2v) is 6.38. The summed E-state index contributed by atoms with van der Waals surface area (Å²) in [5.74, 6) is 1.46. The average molecular weight is 324 g/mol. The lowest BCUT2D eigenvalue weighted by Crippen LogP contribution is -2.30. The molecular formula is C17H19Cl2NO. The third kappa shape index (κ3) is 3.45. The normalized spacial score (nSPS) is 18.9.